The fourth-order valence-electron chi connectivity index (χ4n) is 2.00. The van der Waals surface area contributed by atoms with E-state index in [1.807, 2.05) is 36.0 Å². The van der Waals surface area contributed by atoms with Crippen molar-refractivity contribution in [3.8, 4) is 0 Å². The van der Waals surface area contributed by atoms with E-state index in [9.17, 15) is 4.79 Å². The third-order valence-electron chi connectivity index (χ3n) is 2.94. The molecule has 1 fully saturated rings. The smallest absolute Gasteiger partial charge is 0.318 e. The Hall–Kier alpha value is -1.36. The van der Waals surface area contributed by atoms with Crippen LogP contribution in [0.4, 0.5) is 16.2 Å². The van der Waals surface area contributed by atoms with Crippen molar-refractivity contribution in [1.82, 2.24) is 5.32 Å². The molecule has 2 atom stereocenters. The Balaban J connectivity index is 1.89. The van der Waals surface area contributed by atoms with Gasteiger partial charge in [0.1, 0.15) is 0 Å². The maximum absolute atomic E-state index is 11.1. The molecule has 1 aromatic carbocycles. The average Bonchev–Trinajstić information content (AvgIpc) is 2.77. The lowest BCUT2D eigenvalue weighted by Crippen LogP contribution is -2.24. The van der Waals surface area contributed by atoms with Crippen LogP contribution in [0.25, 0.3) is 0 Å². The number of nitrogens with one attached hydrogen (secondary N) is 3. The van der Waals surface area contributed by atoms with Gasteiger partial charge < -0.3 is 16.0 Å². The van der Waals surface area contributed by atoms with E-state index in [0.717, 1.165) is 16.6 Å². The van der Waals surface area contributed by atoms with Gasteiger partial charge in [-0.3, -0.25) is 0 Å². The Labute approximate surface area is 112 Å². The highest BCUT2D eigenvalue weighted by molar-refractivity contribution is 8.00. The quantitative estimate of drug-likeness (QED) is 0.787. The lowest BCUT2D eigenvalue weighted by Gasteiger charge is -2.13. The third kappa shape index (κ3) is 3.57. The molecule has 1 aliphatic heterocycles. The number of benzene rings is 1. The zero-order valence-electron chi connectivity index (χ0n) is 10.7. The molecule has 0 saturated carbocycles. The second-order valence-electron chi connectivity index (χ2n) is 4.50. The van der Waals surface area contributed by atoms with Crippen LogP contribution < -0.4 is 16.0 Å². The number of urea groups is 1. The van der Waals surface area contributed by atoms with Crippen molar-refractivity contribution in [2.45, 2.75) is 24.6 Å². The first-order valence-corrected chi connectivity index (χ1v) is 7.19. The molecule has 2 rings (SSSR count). The summed E-state index contributed by atoms with van der Waals surface area (Å²) in [6.45, 7) is 2.27. The van der Waals surface area contributed by atoms with Gasteiger partial charge in [-0.05, 0) is 30.7 Å². The standard InChI is InChI=1S/C13H19N3OS/c1-9-7-12(8-18-9)15-10-3-5-11(6-4-10)16-13(17)14-2/h3-6,9,12,15H,7-8H2,1-2H3,(H2,14,16,17). The van der Waals surface area contributed by atoms with Gasteiger partial charge in [0.25, 0.3) is 0 Å². The Kier molecular flexibility index (Phi) is 4.36. The highest BCUT2D eigenvalue weighted by Crippen LogP contribution is 2.28. The van der Waals surface area contributed by atoms with Crippen LogP contribution in [0, 0.1) is 0 Å². The van der Waals surface area contributed by atoms with Crippen molar-refractivity contribution in [3.05, 3.63) is 24.3 Å². The minimum atomic E-state index is -0.197. The molecule has 5 heteroatoms. The van der Waals surface area contributed by atoms with Crippen molar-refractivity contribution in [3.63, 3.8) is 0 Å². The molecule has 4 nitrogen and oxygen atoms in total. The zero-order valence-corrected chi connectivity index (χ0v) is 11.5. The van der Waals surface area contributed by atoms with Crippen LogP contribution in [0.15, 0.2) is 24.3 Å². The molecule has 0 aliphatic carbocycles. The van der Waals surface area contributed by atoms with Gasteiger partial charge in [-0.15, -0.1) is 0 Å². The molecule has 1 saturated heterocycles. The number of rotatable bonds is 3. The summed E-state index contributed by atoms with van der Waals surface area (Å²) in [6.07, 6.45) is 1.21. The van der Waals surface area contributed by atoms with Gasteiger partial charge in [-0.25, -0.2) is 4.79 Å². The largest absolute Gasteiger partial charge is 0.381 e. The number of carbonyl (C=O) groups is 1. The predicted octanol–water partition coefficient (Wildman–Crippen LogP) is 2.74. The molecule has 1 heterocycles. The zero-order chi connectivity index (χ0) is 13.0. The minimum Gasteiger partial charge on any atom is -0.381 e. The van der Waals surface area contributed by atoms with Gasteiger partial charge in [0.2, 0.25) is 0 Å². The SMILES string of the molecule is CNC(=O)Nc1ccc(NC2CSC(C)C2)cc1. The van der Waals surface area contributed by atoms with E-state index in [4.69, 9.17) is 0 Å². The molecule has 2 unspecified atom stereocenters. The second-order valence-corrected chi connectivity index (χ2v) is 5.97. The van der Waals surface area contributed by atoms with E-state index in [0.29, 0.717) is 6.04 Å². The summed E-state index contributed by atoms with van der Waals surface area (Å²) in [5.74, 6) is 1.17. The van der Waals surface area contributed by atoms with Gasteiger partial charge in [-0.1, -0.05) is 6.92 Å². The maximum Gasteiger partial charge on any atom is 0.318 e. The van der Waals surface area contributed by atoms with Crippen molar-refractivity contribution in [2.75, 3.05) is 23.4 Å². The average molecular weight is 265 g/mol. The molecule has 0 spiro atoms. The van der Waals surface area contributed by atoms with Gasteiger partial charge in [0, 0.05) is 35.5 Å². The van der Waals surface area contributed by atoms with Crippen LogP contribution in [0.5, 0.6) is 0 Å². The van der Waals surface area contributed by atoms with E-state index in [1.54, 1.807) is 7.05 Å². The van der Waals surface area contributed by atoms with Gasteiger partial charge in [-0.2, -0.15) is 11.8 Å². The Bertz CT molecular complexity index is 407. The van der Waals surface area contributed by atoms with Crippen molar-refractivity contribution < 1.29 is 4.79 Å². The first kappa shape index (κ1) is 13.1. The Morgan fingerprint density at radius 1 is 1.28 bits per heavy atom. The van der Waals surface area contributed by atoms with E-state index in [2.05, 4.69) is 22.9 Å². The molecule has 0 aromatic heterocycles. The van der Waals surface area contributed by atoms with Crippen LogP contribution in [0.1, 0.15) is 13.3 Å². The molecule has 1 aromatic rings. The first-order chi connectivity index (χ1) is 8.67. The Morgan fingerprint density at radius 3 is 2.50 bits per heavy atom. The van der Waals surface area contributed by atoms with Crippen LogP contribution >= 0.6 is 11.8 Å². The van der Waals surface area contributed by atoms with Gasteiger partial charge >= 0.3 is 6.03 Å². The molecule has 0 radical (unpaired) electrons. The summed E-state index contributed by atoms with van der Waals surface area (Å²) < 4.78 is 0. The van der Waals surface area contributed by atoms with E-state index >= 15 is 0 Å². The van der Waals surface area contributed by atoms with E-state index in [1.165, 1.54) is 12.2 Å². The van der Waals surface area contributed by atoms with Crippen LogP contribution in [-0.2, 0) is 0 Å². The summed E-state index contributed by atoms with van der Waals surface area (Å²) in [7, 11) is 1.60. The first-order valence-electron chi connectivity index (χ1n) is 6.14. The van der Waals surface area contributed by atoms with Crippen molar-refractivity contribution in [2.24, 2.45) is 0 Å². The maximum atomic E-state index is 11.1. The fourth-order valence-corrected chi connectivity index (χ4v) is 3.15. The molecule has 18 heavy (non-hydrogen) atoms. The predicted molar refractivity (Wildman–Crippen MR) is 78.5 cm³/mol. The second kappa shape index (κ2) is 6.00. The highest BCUT2D eigenvalue weighted by Gasteiger charge is 2.21. The van der Waals surface area contributed by atoms with E-state index < -0.39 is 0 Å². The number of amides is 2. The number of carbonyl (C=O) groups excluding carboxylic acids is 1. The van der Waals surface area contributed by atoms with Crippen molar-refractivity contribution in [1.29, 1.82) is 0 Å². The number of thioether (sulfide) groups is 1. The monoisotopic (exact) mass is 265 g/mol. The van der Waals surface area contributed by atoms with Crippen LogP contribution in [0.2, 0.25) is 0 Å². The lowest BCUT2D eigenvalue weighted by molar-refractivity contribution is 0.254. The van der Waals surface area contributed by atoms with Gasteiger partial charge in [0.15, 0.2) is 0 Å². The summed E-state index contributed by atoms with van der Waals surface area (Å²) in [5, 5.41) is 9.52. The molecular weight excluding hydrogens is 246 g/mol. The summed E-state index contributed by atoms with van der Waals surface area (Å²) in [4.78, 5) is 11.1. The van der Waals surface area contributed by atoms with Gasteiger partial charge in [0.05, 0.1) is 0 Å². The number of hydrogen-bond donors (Lipinski definition) is 3. The summed E-state index contributed by atoms with van der Waals surface area (Å²) in [6, 6.07) is 8.17. The van der Waals surface area contributed by atoms with E-state index in [-0.39, 0.29) is 6.03 Å². The minimum absolute atomic E-state index is 0.197. The van der Waals surface area contributed by atoms with Crippen molar-refractivity contribution >= 4 is 29.2 Å². The highest BCUT2D eigenvalue weighted by atomic mass is 32.2. The topological polar surface area (TPSA) is 53.2 Å². The third-order valence-corrected chi connectivity index (χ3v) is 4.30. The fraction of sp³-hybridized carbons (Fsp3) is 0.462. The molecule has 1 aliphatic rings. The normalized spacial score (nSPS) is 22.6. The number of hydrogen-bond acceptors (Lipinski definition) is 3. The number of anilines is 2. The Morgan fingerprint density at radius 2 is 1.94 bits per heavy atom. The molecule has 98 valence electrons. The van der Waals surface area contributed by atoms with Crippen LogP contribution in [-0.4, -0.2) is 30.1 Å². The molecule has 2 amide bonds. The molecule has 0 bridgehead atoms. The molecular formula is C13H19N3OS. The molecule has 3 N–H and O–H groups in total. The summed E-state index contributed by atoms with van der Waals surface area (Å²) >= 11 is 2.01. The summed E-state index contributed by atoms with van der Waals surface area (Å²) in [5.41, 5.74) is 1.91. The van der Waals surface area contributed by atoms with Crippen LogP contribution in [0.3, 0.4) is 0 Å². The lowest BCUT2D eigenvalue weighted by atomic mass is 10.2.